The normalized spacial score (nSPS) is 13.4. The summed E-state index contributed by atoms with van der Waals surface area (Å²) in [4.78, 5) is 47.1. The Balaban J connectivity index is 0.000000166. The number of ketones is 2. The first-order valence-corrected chi connectivity index (χ1v) is 19.1. The molecular formula is C48H46N4O7. The highest BCUT2D eigenvalue weighted by Gasteiger charge is 2.21. The third kappa shape index (κ3) is 9.77. The van der Waals surface area contributed by atoms with Crippen molar-refractivity contribution in [2.24, 2.45) is 0 Å². The summed E-state index contributed by atoms with van der Waals surface area (Å²) in [6.45, 7) is 3.63. The quantitative estimate of drug-likeness (QED) is 0.0889. The Morgan fingerprint density at radius 1 is 0.593 bits per heavy atom. The van der Waals surface area contributed by atoms with Gasteiger partial charge in [0.05, 0.1) is 19.8 Å². The largest absolute Gasteiger partial charge is 0.496 e. The highest BCUT2D eigenvalue weighted by Crippen LogP contribution is 2.31. The standard InChI is InChI=1S/C24H22N2O3.C14H15NO4.C10H9N/c1-15-20(12-13-22(15)27)25-17-10-11-19(23(14-17)29-2)24(28)26-21-9-5-7-16-6-3-4-8-18(16)21;1-8-11(5-6-12(8)16)15-9-3-4-10(14(17)18)13(7-9)19-2;11-10-7-3-5-8-4-1-2-6-9(8)10/h3-11,14,25H,12-13H2,1-2H3,(H,26,28);3-4,7,15H,5-6H2,1-2H3,(H,17,18);1-7H,11H2. The third-order valence-corrected chi connectivity index (χ3v) is 10.3. The summed E-state index contributed by atoms with van der Waals surface area (Å²) in [5, 5.41) is 22.8. The highest BCUT2D eigenvalue weighted by atomic mass is 16.5. The van der Waals surface area contributed by atoms with E-state index in [1.54, 1.807) is 31.2 Å². The van der Waals surface area contributed by atoms with Crippen molar-refractivity contribution in [3.8, 4) is 11.5 Å². The van der Waals surface area contributed by atoms with Crippen LogP contribution in [0, 0.1) is 0 Å². The van der Waals surface area contributed by atoms with Crippen LogP contribution in [0.15, 0.2) is 144 Å². The summed E-state index contributed by atoms with van der Waals surface area (Å²) >= 11 is 0. The molecule has 6 aromatic carbocycles. The minimum absolute atomic E-state index is 0.112. The Morgan fingerprint density at radius 3 is 1.58 bits per heavy atom. The number of nitrogen functional groups attached to an aromatic ring is 1. The number of hydrogen-bond donors (Lipinski definition) is 5. The maximum Gasteiger partial charge on any atom is 0.339 e. The monoisotopic (exact) mass is 790 g/mol. The molecule has 0 atom stereocenters. The van der Waals surface area contributed by atoms with Crippen LogP contribution >= 0.6 is 0 Å². The Bertz CT molecular complexity index is 2640. The lowest BCUT2D eigenvalue weighted by Gasteiger charge is -2.14. The van der Waals surface area contributed by atoms with Crippen LogP contribution in [0.3, 0.4) is 0 Å². The van der Waals surface area contributed by atoms with E-state index in [2.05, 4.69) is 28.1 Å². The maximum atomic E-state index is 12.9. The molecule has 0 bridgehead atoms. The van der Waals surface area contributed by atoms with Gasteiger partial charge in [0.1, 0.15) is 17.1 Å². The number of hydrogen-bond acceptors (Lipinski definition) is 9. The molecule has 0 saturated carbocycles. The molecule has 6 aromatic rings. The summed E-state index contributed by atoms with van der Waals surface area (Å²) in [6.07, 6.45) is 2.46. The summed E-state index contributed by atoms with van der Waals surface area (Å²) < 4.78 is 10.5. The van der Waals surface area contributed by atoms with Gasteiger partial charge >= 0.3 is 5.97 Å². The van der Waals surface area contributed by atoms with E-state index >= 15 is 0 Å². The lowest BCUT2D eigenvalue weighted by atomic mass is 10.1. The Hall–Kier alpha value is -7.40. The summed E-state index contributed by atoms with van der Waals surface area (Å²) in [6, 6.07) is 37.9. The topological polar surface area (TPSA) is 169 Å². The molecule has 0 heterocycles. The number of amides is 1. The SMILES string of the molecule is COc1cc(NC2=C(C)C(=O)CC2)ccc1C(=O)Nc1cccc2ccccc12.COc1cc(NC2=C(C)C(=O)CC2)ccc1C(=O)O.Nc1cccc2ccccc12. The van der Waals surface area contributed by atoms with Gasteiger partial charge in [0.2, 0.25) is 0 Å². The number of rotatable bonds is 9. The van der Waals surface area contributed by atoms with Crippen molar-refractivity contribution >= 4 is 67.7 Å². The number of carbonyl (C=O) groups is 4. The van der Waals surface area contributed by atoms with Gasteiger partial charge in [-0.3, -0.25) is 14.4 Å². The zero-order valence-corrected chi connectivity index (χ0v) is 33.3. The first-order chi connectivity index (χ1) is 28.5. The fraction of sp³-hybridized carbons (Fsp3) is 0.167. The number of benzene rings is 6. The number of allylic oxidation sites excluding steroid dienone is 4. The van der Waals surface area contributed by atoms with Crippen molar-refractivity contribution in [2.75, 3.05) is 35.9 Å². The highest BCUT2D eigenvalue weighted by molar-refractivity contribution is 6.10. The Kier molecular flexibility index (Phi) is 13.1. The van der Waals surface area contributed by atoms with E-state index in [0.717, 1.165) is 55.8 Å². The number of aromatic carboxylic acids is 1. The van der Waals surface area contributed by atoms with E-state index in [1.807, 2.05) is 85.8 Å². The van der Waals surface area contributed by atoms with Crippen molar-refractivity contribution < 1.29 is 33.8 Å². The molecule has 2 aliphatic rings. The van der Waals surface area contributed by atoms with Crippen LogP contribution in [0.5, 0.6) is 11.5 Å². The predicted octanol–water partition coefficient (Wildman–Crippen LogP) is 10.0. The maximum absolute atomic E-state index is 12.9. The van der Waals surface area contributed by atoms with E-state index in [1.165, 1.54) is 25.7 Å². The van der Waals surface area contributed by atoms with Crippen LogP contribution in [-0.4, -0.2) is 42.8 Å². The fourth-order valence-corrected chi connectivity index (χ4v) is 6.90. The van der Waals surface area contributed by atoms with Crippen molar-refractivity contribution in [1.29, 1.82) is 0 Å². The molecule has 0 spiro atoms. The minimum Gasteiger partial charge on any atom is -0.496 e. The number of fused-ring (bicyclic) bond motifs is 2. The number of nitrogens with two attached hydrogens (primary N) is 1. The first kappa shape index (κ1) is 41.2. The molecule has 0 unspecified atom stereocenters. The summed E-state index contributed by atoms with van der Waals surface area (Å²) in [5.74, 6) is -0.191. The average molecular weight is 791 g/mol. The van der Waals surface area contributed by atoms with Crippen molar-refractivity contribution in [3.63, 3.8) is 0 Å². The average Bonchev–Trinajstić information content (AvgIpc) is 3.74. The lowest BCUT2D eigenvalue weighted by molar-refractivity contribution is -0.115. The number of carboxylic acids is 1. The molecule has 59 heavy (non-hydrogen) atoms. The van der Waals surface area contributed by atoms with E-state index < -0.39 is 5.97 Å². The second-order valence-corrected chi connectivity index (χ2v) is 14.0. The van der Waals surface area contributed by atoms with Crippen LogP contribution in [-0.2, 0) is 9.59 Å². The number of carbonyl (C=O) groups excluding carboxylic acids is 3. The van der Waals surface area contributed by atoms with Crippen molar-refractivity contribution in [1.82, 2.24) is 0 Å². The summed E-state index contributed by atoms with van der Waals surface area (Å²) in [5.41, 5.74) is 12.7. The lowest BCUT2D eigenvalue weighted by Crippen LogP contribution is -2.13. The predicted molar refractivity (Wildman–Crippen MR) is 234 cm³/mol. The molecular weight excluding hydrogens is 745 g/mol. The van der Waals surface area contributed by atoms with Crippen molar-refractivity contribution in [2.45, 2.75) is 39.5 Å². The molecule has 8 rings (SSSR count). The number of ether oxygens (including phenoxy) is 2. The second kappa shape index (κ2) is 18.7. The van der Waals surface area contributed by atoms with Crippen LogP contribution in [0.4, 0.5) is 22.7 Å². The minimum atomic E-state index is -1.03. The second-order valence-electron chi connectivity index (χ2n) is 14.0. The van der Waals surface area contributed by atoms with Gasteiger partial charge in [0, 0.05) is 81.0 Å². The van der Waals surface area contributed by atoms with E-state index in [-0.39, 0.29) is 23.0 Å². The van der Waals surface area contributed by atoms with Gasteiger partial charge in [-0.15, -0.1) is 0 Å². The van der Waals surface area contributed by atoms with Crippen LogP contribution < -0.4 is 31.2 Å². The molecule has 11 nitrogen and oxygen atoms in total. The van der Waals surface area contributed by atoms with Gasteiger partial charge in [-0.05, 0) is 73.9 Å². The molecule has 300 valence electrons. The molecule has 0 aromatic heterocycles. The molecule has 2 aliphatic carbocycles. The number of carboxylic acid groups (broad SMARTS) is 1. The van der Waals surface area contributed by atoms with Crippen LogP contribution in [0.2, 0.25) is 0 Å². The molecule has 0 aliphatic heterocycles. The molecule has 1 amide bonds. The number of Topliss-reactive ketones (excluding diaryl/α,β-unsaturated/α-hetero) is 2. The molecule has 11 heteroatoms. The molecule has 0 saturated heterocycles. The van der Waals surface area contributed by atoms with Crippen LogP contribution in [0.25, 0.3) is 21.5 Å². The Labute approximate surface area is 342 Å². The van der Waals surface area contributed by atoms with Gasteiger partial charge in [-0.25, -0.2) is 4.79 Å². The molecule has 6 N–H and O–H groups in total. The van der Waals surface area contributed by atoms with E-state index in [0.29, 0.717) is 48.4 Å². The first-order valence-electron chi connectivity index (χ1n) is 19.1. The molecule has 0 fully saturated rings. The third-order valence-electron chi connectivity index (χ3n) is 10.3. The zero-order valence-electron chi connectivity index (χ0n) is 33.3. The van der Waals surface area contributed by atoms with Gasteiger partial charge in [0.25, 0.3) is 5.91 Å². The summed E-state index contributed by atoms with van der Waals surface area (Å²) in [7, 11) is 2.96. The van der Waals surface area contributed by atoms with Gasteiger partial charge < -0.3 is 36.3 Å². The van der Waals surface area contributed by atoms with Crippen LogP contribution in [0.1, 0.15) is 60.2 Å². The number of methoxy groups -OCH3 is 2. The smallest absolute Gasteiger partial charge is 0.339 e. The van der Waals surface area contributed by atoms with Gasteiger partial charge in [-0.1, -0.05) is 72.8 Å². The fourth-order valence-electron chi connectivity index (χ4n) is 6.90. The van der Waals surface area contributed by atoms with E-state index in [4.69, 9.17) is 20.3 Å². The van der Waals surface area contributed by atoms with E-state index in [9.17, 15) is 19.2 Å². The Morgan fingerprint density at radius 2 is 1.07 bits per heavy atom. The van der Waals surface area contributed by atoms with Crippen molar-refractivity contribution in [3.05, 3.63) is 155 Å². The van der Waals surface area contributed by atoms with Gasteiger partial charge in [0.15, 0.2) is 11.6 Å². The zero-order chi connectivity index (χ0) is 42.1. The number of nitrogens with one attached hydrogen (secondary N) is 3. The van der Waals surface area contributed by atoms with Gasteiger partial charge in [-0.2, -0.15) is 0 Å². The molecule has 0 radical (unpaired) electrons. The number of anilines is 4.